The Bertz CT molecular complexity index is 761. The maximum atomic E-state index is 12.5. The first-order valence-electron chi connectivity index (χ1n) is 8.93. The first-order chi connectivity index (χ1) is 13.0. The van der Waals surface area contributed by atoms with Crippen molar-refractivity contribution in [2.24, 2.45) is 0 Å². The van der Waals surface area contributed by atoms with Crippen molar-refractivity contribution >= 4 is 39.8 Å². The minimum Gasteiger partial charge on any atom is -0.492 e. The molecule has 1 fully saturated rings. The summed E-state index contributed by atoms with van der Waals surface area (Å²) in [6.45, 7) is 7.81. The number of para-hydroxylation sites is 2. The molecule has 0 spiro atoms. The SMILES string of the molecule is CCOc1ccccc1Nc1nnc(SCC(=O)N2C[C@@H](C)O[C@@H](C)C2)s1. The van der Waals surface area contributed by atoms with Crippen LogP contribution in [0.2, 0.25) is 0 Å². The summed E-state index contributed by atoms with van der Waals surface area (Å²) in [6.07, 6.45) is 0.149. The molecule has 0 saturated carbocycles. The fraction of sp³-hybridized carbons (Fsp3) is 0.500. The average Bonchev–Trinajstić information content (AvgIpc) is 3.08. The summed E-state index contributed by atoms with van der Waals surface area (Å²) >= 11 is 2.84. The standard InChI is InChI=1S/C18H24N4O3S2/c1-4-24-15-8-6-5-7-14(15)19-17-20-21-18(27-17)26-11-16(23)22-9-12(2)25-13(3)10-22/h5-8,12-13H,4,9-11H2,1-3H3,(H,19,20)/t12-,13+. The summed E-state index contributed by atoms with van der Waals surface area (Å²) in [6, 6.07) is 7.70. The molecule has 9 heteroatoms. The lowest BCUT2D eigenvalue weighted by atomic mass is 10.2. The van der Waals surface area contributed by atoms with E-state index >= 15 is 0 Å². The number of amides is 1. The molecule has 2 aromatic rings. The first-order valence-corrected chi connectivity index (χ1v) is 10.7. The van der Waals surface area contributed by atoms with Crippen molar-refractivity contribution < 1.29 is 14.3 Å². The van der Waals surface area contributed by atoms with Crippen LogP contribution in [0.5, 0.6) is 5.75 Å². The Labute approximate surface area is 167 Å². The quantitative estimate of drug-likeness (QED) is 0.704. The second-order valence-electron chi connectivity index (χ2n) is 6.27. The molecule has 0 aliphatic carbocycles. The summed E-state index contributed by atoms with van der Waals surface area (Å²) in [5, 5.41) is 12.2. The predicted molar refractivity (Wildman–Crippen MR) is 108 cm³/mol. The van der Waals surface area contributed by atoms with E-state index in [2.05, 4.69) is 15.5 Å². The number of anilines is 2. The minimum absolute atomic E-state index is 0.0745. The second kappa shape index (κ2) is 9.38. The lowest BCUT2D eigenvalue weighted by Gasteiger charge is -2.35. The van der Waals surface area contributed by atoms with Crippen molar-refractivity contribution in [2.45, 2.75) is 37.3 Å². The number of benzene rings is 1. The molecule has 3 rings (SSSR count). The number of nitrogens with one attached hydrogen (secondary N) is 1. The van der Waals surface area contributed by atoms with Gasteiger partial charge in [-0.25, -0.2) is 0 Å². The molecule has 1 aliphatic rings. The van der Waals surface area contributed by atoms with Crippen LogP contribution in [0.1, 0.15) is 20.8 Å². The molecule has 1 aromatic carbocycles. The molecule has 1 aromatic heterocycles. The molecule has 1 N–H and O–H groups in total. The Balaban J connectivity index is 1.55. The summed E-state index contributed by atoms with van der Waals surface area (Å²) in [7, 11) is 0. The molecule has 2 heterocycles. The molecule has 1 aliphatic heterocycles. The second-order valence-corrected chi connectivity index (χ2v) is 8.47. The number of thioether (sulfide) groups is 1. The molecular weight excluding hydrogens is 384 g/mol. The minimum atomic E-state index is 0.0745. The lowest BCUT2D eigenvalue weighted by Crippen LogP contribution is -2.48. The number of hydrogen-bond acceptors (Lipinski definition) is 8. The van der Waals surface area contributed by atoms with Gasteiger partial charge in [-0.2, -0.15) is 0 Å². The van der Waals surface area contributed by atoms with Gasteiger partial charge in [-0.05, 0) is 32.9 Å². The topological polar surface area (TPSA) is 76.6 Å². The number of rotatable bonds is 7. The highest BCUT2D eigenvalue weighted by Gasteiger charge is 2.26. The van der Waals surface area contributed by atoms with Gasteiger partial charge in [0.05, 0.1) is 30.3 Å². The molecule has 146 valence electrons. The van der Waals surface area contributed by atoms with Gasteiger partial charge in [-0.1, -0.05) is 35.2 Å². The van der Waals surface area contributed by atoms with Gasteiger partial charge in [0.2, 0.25) is 11.0 Å². The van der Waals surface area contributed by atoms with Gasteiger partial charge < -0.3 is 19.7 Å². The Morgan fingerprint density at radius 3 is 2.81 bits per heavy atom. The third-order valence-electron chi connectivity index (χ3n) is 3.93. The van der Waals surface area contributed by atoms with Gasteiger partial charge in [0, 0.05) is 13.1 Å². The van der Waals surface area contributed by atoms with Gasteiger partial charge in [0.25, 0.3) is 0 Å². The van der Waals surface area contributed by atoms with Crippen LogP contribution in [0.4, 0.5) is 10.8 Å². The zero-order valence-electron chi connectivity index (χ0n) is 15.7. The zero-order valence-corrected chi connectivity index (χ0v) is 17.3. The maximum Gasteiger partial charge on any atom is 0.233 e. The van der Waals surface area contributed by atoms with Crippen molar-refractivity contribution in [3.05, 3.63) is 24.3 Å². The fourth-order valence-corrected chi connectivity index (χ4v) is 4.55. The van der Waals surface area contributed by atoms with Crippen LogP contribution in [0.15, 0.2) is 28.6 Å². The normalized spacial score (nSPS) is 19.7. The van der Waals surface area contributed by atoms with Crippen molar-refractivity contribution in [1.82, 2.24) is 15.1 Å². The maximum absolute atomic E-state index is 12.5. The summed E-state index contributed by atoms with van der Waals surface area (Å²) in [4.78, 5) is 14.3. The highest BCUT2D eigenvalue weighted by Crippen LogP contribution is 2.31. The molecular formula is C18H24N4O3S2. The van der Waals surface area contributed by atoms with E-state index in [9.17, 15) is 4.79 Å². The number of nitrogens with zero attached hydrogens (tertiary/aromatic N) is 3. The van der Waals surface area contributed by atoms with Crippen LogP contribution in [-0.2, 0) is 9.53 Å². The van der Waals surface area contributed by atoms with Crippen LogP contribution >= 0.6 is 23.1 Å². The van der Waals surface area contributed by atoms with Gasteiger partial charge in [-0.3, -0.25) is 4.79 Å². The van der Waals surface area contributed by atoms with E-state index in [1.165, 1.54) is 23.1 Å². The van der Waals surface area contributed by atoms with Gasteiger partial charge in [0.15, 0.2) is 4.34 Å². The van der Waals surface area contributed by atoms with E-state index in [0.717, 1.165) is 15.8 Å². The number of ether oxygens (including phenoxy) is 2. The number of carbonyl (C=O) groups is 1. The van der Waals surface area contributed by atoms with E-state index in [1.807, 2.05) is 49.9 Å². The molecule has 2 atom stereocenters. The summed E-state index contributed by atoms with van der Waals surface area (Å²) in [5.41, 5.74) is 0.847. The third kappa shape index (κ3) is 5.57. The number of aromatic nitrogens is 2. The molecule has 1 saturated heterocycles. The monoisotopic (exact) mass is 408 g/mol. The zero-order chi connectivity index (χ0) is 19.2. The van der Waals surface area contributed by atoms with Crippen LogP contribution in [-0.4, -0.2) is 58.7 Å². The van der Waals surface area contributed by atoms with Gasteiger partial charge in [0.1, 0.15) is 5.75 Å². The average molecular weight is 409 g/mol. The van der Waals surface area contributed by atoms with Crippen molar-refractivity contribution in [3.63, 3.8) is 0 Å². The Kier molecular flexibility index (Phi) is 6.92. The van der Waals surface area contributed by atoms with Crippen LogP contribution in [0.3, 0.4) is 0 Å². The van der Waals surface area contributed by atoms with Crippen LogP contribution in [0, 0.1) is 0 Å². The van der Waals surface area contributed by atoms with Gasteiger partial charge in [-0.15, -0.1) is 10.2 Å². The molecule has 7 nitrogen and oxygen atoms in total. The van der Waals surface area contributed by atoms with Crippen LogP contribution in [0.25, 0.3) is 0 Å². The number of morpholine rings is 1. The van der Waals surface area contributed by atoms with Gasteiger partial charge >= 0.3 is 0 Å². The third-order valence-corrected chi connectivity index (χ3v) is 5.88. The van der Waals surface area contributed by atoms with E-state index in [0.29, 0.717) is 30.6 Å². The highest BCUT2D eigenvalue weighted by molar-refractivity contribution is 8.01. The van der Waals surface area contributed by atoms with Crippen LogP contribution < -0.4 is 10.1 Å². The van der Waals surface area contributed by atoms with E-state index in [1.54, 1.807) is 0 Å². The van der Waals surface area contributed by atoms with E-state index in [-0.39, 0.29) is 18.1 Å². The number of hydrogen-bond donors (Lipinski definition) is 1. The van der Waals surface area contributed by atoms with E-state index in [4.69, 9.17) is 9.47 Å². The van der Waals surface area contributed by atoms with Crippen molar-refractivity contribution in [1.29, 1.82) is 0 Å². The van der Waals surface area contributed by atoms with Crippen molar-refractivity contribution in [3.8, 4) is 5.75 Å². The first kappa shape index (κ1) is 19.9. The Morgan fingerprint density at radius 2 is 2.07 bits per heavy atom. The molecule has 0 unspecified atom stereocenters. The Morgan fingerprint density at radius 1 is 1.33 bits per heavy atom. The molecule has 0 radical (unpaired) electrons. The fourth-order valence-electron chi connectivity index (χ4n) is 2.88. The predicted octanol–water partition coefficient (Wildman–Crippen LogP) is 3.41. The molecule has 0 bridgehead atoms. The summed E-state index contributed by atoms with van der Waals surface area (Å²) < 4.78 is 12.0. The smallest absolute Gasteiger partial charge is 0.233 e. The summed E-state index contributed by atoms with van der Waals surface area (Å²) in [5.74, 6) is 1.23. The van der Waals surface area contributed by atoms with E-state index < -0.39 is 0 Å². The highest BCUT2D eigenvalue weighted by atomic mass is 32.2. The lowest BCUT2D eigenvalue weighted by molar-refractivity contribution is -0.140. The van der Waals surface area contributed by atoms with Crippen molar-refractivity contribution in [2.75, 3.05) is 30.8 Å². The Hall–Kier alpha value is -1.84. The largest absolute Gasteiger partial charge is 0.492 e. The number of carbonyl (C=O) groups excluding carboxylic acids is 1. The molecule has 27 heavy (non-hydrogen) atoms. The molecule has 1 amide bonds.